The quantitative estimate of drug-likeness (QED) is 0.718. The Morgan fingerprint density at radius 2 is 1.59 bits per heavy atom. The molecule has 0 saturated carbocycles. The van der Waals surface area contributed by atoms with E-state index in [0.29, 0.717) is 19.8 Å². The van der Waals surface area contributed by atoms with Crippen molar-refractivity contribution in [3.63, 3.8) is 0 Å². The minimum atomic E-state index is -1.73. The van der Waals surface area contributed by atoms with Gasteiger partial charge in [0, 0.05) is 25.4 Å². The molecule has 0 saturated heterocycles. The van der Waals surface area contributed by atoms with Crippen LogP contribution in [0.2, 0.25) is 0 Å². The van der Waals surface area contributed by atoms with Gasteiger partial charge in [-0.2, -0.15) is 0 Å². The highest BCUT2D eigenvalue weighted by molar-refractivity contribution is 6.36. The van der Waals surface area contributed by atoms with Gasteiger partial charge < -0.3 is 18.1 Å². The zero-order valence-corrected chi connectivity index (χ0v) is 14.8. The summed E-state index contributed by atoms with van der Waals surface area (Å²) in [6.07, 6.45) is 3.66. The number of hydrogen-bond acceptors (Lipinski definition) is 6. The Hall–Kier alpha value is -1.38. The molecule has 6 nitrogen and oxygen atoms in total. The third-order valence-electron chi connectivity index (χ3n) is 2.57. The van der Waals surface area contributed by atoms with Crippen LogP contribution < -0.4 is 4.84 Å². The monoisotopic (exact) mass is 327 g/mol. The fraction of sp³-hybridized carbons (Fsp3) is 0.467. The van der Waals surface area contributed by atoms with Crippen LogP contribution in [-0.2, 0) is 18.1 Å². The van der Waals surface area contributed by atoms with Crippen LogP contribution in [-0.4, -0.2) is 41.7 Å². The summed E-state index contributed by atoms with van der Waals surface area (Å²) in [6, 6.07) is 7.77. The van der Waals surface area contributed by atoms with Crippen molar-refractivity contribution in [1.82, 2.24) is 5.23 Å². The molecule has 0 aliphatic carbocycles. The Balaban J connectivity index is 0.000000225. The number of benzene rings is 1. The van der Waals surface area contributed by atoms with E-state index in [1.54, 1.807) is 13.3 Å². The molecule has 0 radical (unpaired) electrons. The summed E-state index contributed by atoms with van der Waals surface area (Å²) in [6.45, 7) is 7.86. The normalized spacial score (nSPS) is 12.5. The lowest BCUT2D eigenvalue weighted by atomic mass is 10.2. The molecule has 0 bridgehead atoms. The largest absolute Gasteiger partial charge is 0.484 e. The second kappa shape index (κ2) is 11.2. The van der Waals surface area contributed by atoms with Crippen LogP contribution in [0.4, 0.5) is 0 Å². The average molecular weight is 327 g/mol. The van der Waals surface area contributed by atoms with E-state index >= 15 is 0 Å². The van der Waals surface area contributed by atoms with Crippen LogP contribution in [0.25, 0.3) is 6.08 Å². The van der Waals surface area contributed by atoms with Crippen molar-refractivity contribution < 1.29 is 23.0 Å². The van der Waals surface area contributed by atoms with Crippen LogP contribution in [0.15, 0.2) is 30.5 Å². The maximum atomic E-state index is 5.31. The van der Waals surface area contributed by atoms with Gasteiger partial charge in [0.1, 0.15) is 0 Å². The lowest BCUT2D eigenvalue weighted by Crippen LogP contribution is -2.27. The van der Waals surface area contributed by atoms with Gasteiger partial charge in [-0.1, -0.05) is 23.4 Å². The van der Waals surface area contributed by atoms with Crippen LogP contribution in [0.3, 0.4) is 0 Å². The average Bonchev–Trinajstić information content (AvgIpc) is 2.56. The molecular formula is C15H25NO5Si. The van der Waals surface area contributed by atoms with Gasteiger partial charge in [0.25, 0.3) is 0 Å². The van der Waals surface area contributed by atoms with Crippen LogP contribution in [0.1, 0.15) is 26.3 Å². The molecule has 2 rings (SSSR count). The smallest absolute Gasteiger partial charge is 0.376 e. The van der Waals surface area contributed by atoms with Gasteiger partial charge in [-0.05, 0) is 32.9 Å². The summed E-state index contributed by atoms with van der Waals surface area (Å²) in [5, 5.41) is 1.31. The summed E-state index contributed by atoms with van der Waals surface area (Å²) in [4.78, 5) is 10.2. The topological polar surface area (TPSA) is 49.4 Å². The van der Waals surface area contributed by atoms with E-state index in [1.807, 2.05) is 51.1 Å². The van der Waals surface area contributed by atoms with Gasteiger partial charge in [-0.25, -0.2) is 4.84 Å². The molecule has 1 aliphatic rings. The predicted octanol–water partition coefficient (Wildman–Crippen LogP) is 2.64. The Bertz CT molecular complexity index is 429. The molecule has 1 aromatic rings. The number of fused-ring (bicyclic) bond motifs is 1. The van der Waals surface area contributed by atoms with E-state index < -0.39 is 9.53 Å². The van der Waals surface area contributed by atoms with Crippen LogP contribution in [0.5, 0.6) is 5.75 Å². The van der Waals surface area contributed by atoms with Crippen molar-refractivity contribution in [3.8, 4) is 5.75 Å². The van der Waals surface area contributed by atoms with Gasteiger partial charge in [-0.15, -0.1) is 0 Å². The summed E-state index contributed by atoms with van der Waals surface area (Å²) in [5.74, 6) is 0.807. The molecule has 1 heterocycles. The third-order valence-corrected chi connectivity index (χ3v) is 4.39. The van der Waals surface area contributed by atoms with E-state index in [2.05, 4.69) is 0 Å². The molecule has 0 unspecified atom stereocenters. The Morgan fingerprint density at radius 3 is 2.14 bits per heavy atom. The maximum Gasteiger partial charge on any atom is 0.484 e. The first kappa shape index (κ1) is 18.7. The zero-order valence-electron chi connectivity index (χ0n) is 13.7. The number of nitrogens with zero attached hydrogens (tertiary/aromatic N) is 1. The molecule has 0 aromatic heterocycles. The zero-order chi connectivity index (χ0) is 16.2. The van der Waals surface area contributed by atoms with Crippen molar-refractivity contribution in [2.24, 2.45) is 0 Å². The summed E-state index contributed by atoms with van der Waals surface area (Å²) in [7, 11) is -0.180. The summed E-state index contributed by atoms with van der Waals surface area (Å²) < 4.78 is 15.7. The highest BCUT2D eigenvalue weighted by Crippen LogP contribution is 2.24. The second-order valence-corrected chi connectivity index (χ2v) is 5.64. The van der Waals surface area contributed by atoms with E-state index in [9.17, 15) is 0 Å². The highest BCUT2D eigenvalue weighted by atomic mass is 28.3. The van der Waals surface area contributed by atoms with E-state index in [4.69, 9.17) is 23.0 Å². The molecule has 124 valence electrons. The molecule has 0 fully saturated rings. The minimum Gasteiger partial charge on any atom is -0.376 e. The van der Waals surface area contributed by atoms with Crippen molar-refractivity contribution in [2.45, 2.75) is 20.8 Å². The molecule has 1 aromatic carbocycles. The second-order valence-electron chi connectivity index (χ2n) is 4.07. The van der Waals surface area contributed by atoms with Crippen molar-refractivity contribution in [3.05, 3.63) is 36.0 Å². The standard InChI is InChI=1S/C9H9NO2.C6H16O3Si/c1-11-10-7-6-8-4-2-3-5-9(8)12-10;1-4-7-10(8-5-2)9-6-3/h2-7H,1H3;10H,4-6H2,1-3H3. The Labute approximate surface area is 134 Å². The minimum absolute atomic E-state index is 0.677. The van der Waals surface area contributed by atoms with E-state index in [-0.39, 0.29) is 0 Å². The van der Waals surface area contributed by atoms with Gasteiger partial charge >= 0.3 is 9.53 Å². The molecule has 0 spiro atoms. The fourth-order valence-electron chi connectivity index (χ4n) is 1.62. The number of hydroxylamine groups is 2. The summed E-state index contributed by atoms with van der Waals surface area (Å²) in [5.41, 5.74) is 1.06. The summed E-state index contributed by atoms with van der Waals surface area (Å²) >= 11 is 0. The highest BCUT2D eigenvalue weighted by Gasteiger charge is 2.11. The molecular weight excluding hydrogens is 302 g/mol. The first-order valence-corrected chi connectivity index (χ1v) is 8.79. The Kier molecular flexibility index (Phi) is 9.52. The van der Waals surface area contributed by atoms with E-state index in [1.165, 1.54) is 5.23 Å². The number of rotatable bonds is 7. The van der Waals surface area contributed by atoms with Crippen LogP contribution >= 0.6 is 0 Å². The number of hydrogen-bond donors (Lipinski definition) is 0. The van der Waals surface area contributed by atoms with Crippen molar-refractivity contribution in [1.29, 1.82) is 0 Å². The predicted molar refractivity (Wildman–Crippen MR) is 87.0 cm³/mol. The van der Waals surface area contributed by atoms with Crippen LogP contribution in [0, 0.1) is 0 Å². The maximum absolute atomic E-state index is 5.31. The van der Waals surface area contributed by atoms with Gasteiger partial charge in [0.2, 0.25) is 0 Å². The van der Waals surface area contributed by atoms with Gasteiger partial charge in [0.05, 0.1) is 13.3 Å². The molecule has 0 amide bonds. The first-order chi connectivity index (χ1) is 10.7. The number of para-hydroxylation sites is 1. The third kappa shape index (κ3) is 6.59. The van der Waals surface area contributed by atoms with Crippen molar-refractivity contribution >= 4 is 15.6 Å². The lowest BCUT2D eigenvalue weighted by Gasteiger charge is -2.21. The molecule has 7 heteroatoms. The van der Waals surface area contributed by atoms with E-state index in [0.717, 1.165) is 11.3 Å². The molecule has 0 N–H and O–H groups in total. The first-order valence-electron chi connectivity index (χ1n) is 7.38. The van der Waals surface area contributed by atoms with Gasteiger partial charge in [-0.3, -0.25) is 0 Å². The Morgan fingerprint density at radius 1 is 1.00 bits per heavy atom. The molecule has 22 heavy (non-hydrogen) atoms. The molecule has 1 aliphatic heterocycles. The molecule has 0 atom stereocenters. The fourth-order valence-corrected chi connectivity index (χ4v) is 2.73. The SMILES string of the molecule is CCO[SiH](OCC)OCC.CON1C=Cc2ccccc2O1. The lowest BCUT2D eigenvalue weighted by molar-refractivity contribution is -0.265. The van der Waals surface area contributed by atoms with Crippen molar-refractivity contribution in [2.75, 3.05) is 26.9 Å². The van der Waals surface area contributed by atoms with Gasteiger partial charge in [0.15, 0.2) is 5.75 Å².